The Kier molecular flexibility index (Phi) is 4.54. The molecule has 146 valence electrons. The molecule has 0 spiro atoms. The molecule has 4 rings (SSSR count). The number of amides is 1. The number of hydrogen-bond donors (Lipinski definition) is 1. The highest BCUT2D eigenvalue weighted by atomic mass is 19.4. The average molecular weight is 397 g/mol. The zero-order valence-electron chi connectivity index (χ0n) is 15.0. The Balaban J connectivity index is 1.68. The minimum Gasteiger partial charge on any atom is -0.352 e. The smallest absolute Gasteiger partial charge is 0.352 e. The van der Waals surface area contributed by atoms with Gasteiger partial charge in [-0.15, -0.1) is 0 Å². The van der Waals surface area contributed by atoms with Gasteiger partial charge in [0.2, 0.25) is 0 Å². The highest BCUT2D eigenvalue weighted by Crippen LogP contribution is 2.31. The summed E-state index contributed by atoms with van der Waals surface area (Å²) in [6, 6.07) is 8.47. The van der Waals surface area contributed by atoms with Gasteiger partial charge in [0, 0.05) is 31.3 Å². The van der Waals surface area contributed by atoms with Gasteiger partial charge >= 0.3 is 6.18 Å². The normalized spacial score (nSPS) is 13.5. The first-order valence-electron chi connectivity index (χ1n) is 8.77. The number of halogens is 3. The first-order valence-corrected chi connectivity index (χ1v) is 8.77. The lowest BCUT2D eigenvalue weighted by Gasteiger charge is -2.15. The second-order valence-corrected chi connectivity index (χ2v) is 6.63. The molecule has 0 saturated carbocycles. The summed E-state index contributed by atoms with van der Waals surface area (Å²) >= 11 is 0. The highest BCUT2D eigenvalue weighted by molar-refractivity contribution is 5.96. The Hall–Kier alpha value is -3.67. The molecule has 1 amide bonds. The van der Waals surface area contributed by atoms with Crippen LogP contribution in [-0.2, 0) is 19.0 Å². The van der Waals surface area contributed by atoms with E-state index in [-0.39, 0.29) is 17.9 Å². The molecular formula is C20H14F3N5O. The molecule has 0 unspecified atom stereocenters. The van der Waals surface area contributed by atoms with Gasteiger partial charge in [0.25, 0.3) is 5.91 Å². The van der Waals surface area contributed by atoms with Crippen molar-refractivity contribution in [3.05, 3.63) is 76.4 Å². The van der Waals surface area contributed by atoms with Gasteiger partial charge in [-0.25, -0.2) is 4.68 Å². The van der Waals surface area contributed by atoms with Crippen molar-refractivity contribution < 1.29 is 18.0 Å². The number of nitrogens with one attached hydrogen (secondary N) is 1. The maximum absolute atomic E-state index is 13.1. The Morgan fingerprint density at radius 3 is 2.83 bits per heavy atom. The summed E-state index contributed by atoms with van der Waals surface area (Å²) in [6.45, 7) is 0.511. The Morgan fingerprint density at radius 2 is 2.07 bits per heavy atom. The number of hydrogen-bond acceptors (Lipinski definition) is 4. The number of carbonyl (C=O) groups is 1. The molecule has 0 saturated heterocycles. The molecular weight excluding hydrogens is 383 g/mol. The van der Waals surface area contributed by atoms with Gasteiger partial charge < -0.3 is 5.32 Å². The zero-order chi connectivity index (χ0) is 20.6. The van der Waals surface area contributed by atoms with Crippen LogP contribution in [0.25, 0.3) is 5.69 Å². The Bertz CT molecular complexity index is 1140. The summed E-state index contributed by atoms with van der Waals surface area (Å²) in [5.74, 6) is -0.181. The summed E-state index contributed by atoms with van der Waals surface area (Å²) in [5, 5.41) is 16.1. The van der Waals surface area contributed by atoms with Crippen LogP contribution in [0.3, 0.4) is 0 Å². The third kappa shape index (κ3) is 3.69. The van der Waals surface area contributed by atoms with Crippen molar-refractivity contribution in [1.82, 2.24) is 20.1 Å². The van der Waals surface area contributed by atoms with Gasteiger partial charge in [-0.3, -0.25) is 9.78 Å². The molecule has 9 heteroatoms. The van der Waals surface area contributed by atoms with Gasteiger partial charge in [-0.05, 0) is 35.9 Å². The van der Waals surface area contributed by atoms with E-state index in [1.54, 1.807) is 29.1 Å². The number of nitriles is 1. The summed E-state index contributed by atoms with van der Waals surface area (Å²) in [7, 11) is 0. The number of carbonyl (C=O) groups excluding carboxylic acids is 1. The van der Waals surface area contributed by atoms with E-state index in [4.69, 9.17) is 5.26 Å². The van der Waals surface area contributed by atoms with Gasteiger partial charge in [-0.1, -0.05) is 0 Å². The van der Waals surface area contributed by atoms with Crippen LogP contribution in [0.2, 0.25) is 0 Å². The summed E-state index contributed by atoms with van der Waals surface area (Å²) in [4.78, 5) is 16.2. The molecule has 29 heavy (non-hydrogen) atoms. The molecule has 0 radical (unpaired) electrons. The van der Waals surface area contributed by atoms with Crippen molar-refractivity contribution in [3.8, 4) is 11.8 Å². The fourth-order valence-electron chi connectivity index (χ4n) is 3.34. The number of rotatable bonds is 3. The maximum atomic E-state index is 13.1. The third-order valence-corrected chi connectivity index (χ3v) is 4.64. The number of aromatic nitrogens is 3. The largest absolute Gasteiger partial charge is 0.416 e. The molecule has 3 heterocycles. The quantitative estimate of drug-likeness (QED) is 0.736. The van der Waals surface area contributed by atoms with Crippen molar-refractivity contribution in [2.75, 3.05) is 6.54 Å². The van der Waals surface area contributed by atoms with Crippen LogP contribution in [0.1, 0.15) is 38.4 Å². The van der Waals surface area contributed by atoms with Crippen LogP contribution in [-0.4, -0.2) is 27.2 Å². The monoisotopic (exact) mass is 397 g/mol. The highest BCUT2D eigenvalue weighted by Gasteiger charge is 2.31. The van der Waals surface area contributed by atoms with Crippen molar-refractivity contribution in [1.29, 1.82) is 5.26 Å². The van der Waals surface area contributed by atoms with E-state index >= 15 is 0 Å². The molecule has 0 fully saturated rings. The van der Waals surface area contributed by atoms with E-state index in [0.717, 1.165) is 17.8 Å². The molecule has 0 atom stereocenters. The number of nitrogens with zero attached hydrogens (tertiary/aromatic N) is 4. The topological polar surface area (TPSA) is 83.6 Å². The van der Waals surface area contributed by atoms with Gasteiger partial charge in [0.1, 0.15) is 0 Å². The van der Waals surface area contributed by atoms with Crippen LogP contribution in [0, 0.1) is 11.3 Å². The predicted molar refractivity (Wildman–Crippen MR) is 96.4 cm³/mol. The van der Waals surface area contributed by atoms with Crippen LogP contribution in [0.4, 0.5) is 13.2 Å². The van der Waals surface area contributed by atoms with Crippen LogP contribution in [0.15, 0.2) is 42.7 Å². The lowest BCUT2D eigenvalue weighted by Crippen LogP contribution is -2.32. The van der Waals surface area contributed by atoms with Crippen molar-refractivity contribution in [3.63, 3.8) is 0 Å². The van der Waals surface area contributed by atoms with E-state index in [0.29, 0.717) is 35.5 Å². The van der Waals surface area contributed by atoms with Crippen LogP contribution in [0.5, 0.6) is 0 Å². The summed E-state index contributed by atoms with van der Waals surface area (Å²) < 4.78 is 40.9. The lowest BCUT2D eigenvalue weighted by atomic mass is 10.0. The summed E-state index contributed by atoms with van der Waals surface area (Å²) in [6.07, 6.45) is -0.754. The van der Waals surface area contributed by atoms with Gasteiger partial charge in [-0.2, -0.15) is 23.5 Å². The van der Waals surface area contributed by atoms with Gasteiger partial charge in [0.05, 0.1) is 40.3 Å². The molecule has 1 aromatic carbocycles. The van der Waals surface area contributed by atoms with Crippen molar-refractivity contribution >= 4 is 5.91 Å². The molecule has 3 aromatic rings. The maximum Gasteiger partial charge on any atom is 0.416 e. The number of pyridine rings is 1. The zero-order valence-corrected chi connectivity index (χ0v) is 15.0. The molecule has 1 aliphatic rings. The minimum atomic E-state index is -4.54. The SMILES string of the molecule is N#Cc1cc(Cc2cc(-n3ncc4c3CCNC4=O)ccn2)cc(C(F)(F)F)c1. The molecule has 0 bridgehead atoms. The van der Waals surface area contributed by atoms with Crippen LogP contribution < -0.4 is 5.32 Å². The van der Waals surface area contributed by atoms with Crippen molar-refractivity contribution in [2.24, 2.45) is 0 Å². The standard InChI is InChI=1S/C20H14F3N5O/c21-20(22,23)14-6-12(5-13(7-14)10-24)8-15-9-16(1-3-25-15)28-18-2-4-26-19(29)17(18)11-27-28/h1,3,5-7,9,11H,2,4,8H2,(H,26,29). The minimum absolute atomic E-state index is 0.0573. The number of benzene rings is 1. The lowest BCUT2D eigenvalue weighted by molar-refractivity contribution is -0.137. The molecule has 1 N–H and O–H groups in total. The Morgan fingerprint density at radius 1 is 1.24 bits per heavy atom. The van der Waals surface area contributed by atoms with E-state index < -0.39 is 11.7 Å². The van der Waals surface area contributed by atoms with E-state index in [1.165, 1.54) is 12.3 Å². The average Bonchev–Trinajstić information content (AvgIpc) is 3.13. The number of fused-ring (bicyclic) bond motifs is 1. The summed E-state index contributed by atoms with van der Waals surface area (Å²) in [5.41, 5.74) is 1.88. The van der Waals surface area contributed by atoms with E-state index in [2.05, 4.69) is 15.4 Å². The number of alkyl halides is 3. The molecule has 6 nitrogen and oxygen atoms in total. The van der Waals surface area contributed by atoms with Gasteiger partial charge in [0.15, 0.2) is 0 Å². The molecule has 0 aliphatic carbocycles. The first-order chi connectivity index (χ1) is 13.8. The van der Waals surface area contributed by atoms with E-state index in [1.807, 2.05) is 0 Å². The van der Waals surface area contributed by atoms with Crippen LogP contribution >= 0.6 is 0 Å². The fourth-order valence-corrected chi connectivity index (χ4v) is 3.34. The Labute approximate surface area is 163 Å². The second-order valence-electron chi connectivity index (χ2n) is 6.63. The molecule has 1 aliphatic heterocycles. The first kappa shape index (κ1) is 18.7. The second kappa shape index (κ2) is 7.05. The predicted octanol–water partition coefficient (Wildman–Crippen LogP) is 3.03. The van der Waals surface area contributed by atoms with E-state index in [9.17, 15) is 18.0 Å². The third-order valence-electron chi connectivity index (χ3n) is 4.64. The fraction of sp³-hybridized carbons (Fsp3) is 0.200. The van der Waals surface area contributed by atoms with Crippen molar-refractivity contribution in [2.45, 2.75) is 19.0 Å². The molecule has 2 aromatic heterocycles.